The normalized spacial score (nSPS) is 12.4. The Hall–Kier alpha value is -2.55. The van der Waals surface area contributed by atoms with Crippen molar-refractivity contribution in [3.8, 4) is 11.5 Å². The van der Waals surface area contributed by atoms with Gasteiger partial charge in [-0.15, -0.1) is 0 Å². The van der Waals surface area contributed by atoms with E-state index in [1.165, 1.54) is 11.9 Å². The molecule has 0 atom stereocenters. The van der Waals surface area contributed by atoms with Crippen LogP contribution < -0.4 is 10.6 Å². The molecule has 148 valence electrons. The van der Waals surface area contributed by atoms with Gasteiger partial charge in [-0.3, -0.25) is 9.89 Å². The number of nitrogens with zero attached hydrogens (tertiary/aromatic N) is 3. The first-order valence-electron chi connectivity index (χ1n) is 8.57. The van der Waals surface area contributed by atoms with Crippen LogP contribution in [0, 0.1) is 0 Å². The summed E-state index contributed by atoms with van der Waals surface area (Å²) in [6.45, 7) is 0.364. The lowest BCUT2D eigenvalue weighted by atomic mass is 10.2. The van der Waals surface area contributed by atoms with Crippen LogP contribution in [0.1, 0.15) is 12.1 Å². The lowest BCUT2D eigenvalue weighted by molar-refractivity contribution is -0.143. The molecule has 9 heteroatoms. The molecule has 2 rings (SSSR count). The molecule has 2 aromatic rings. The van der Waals surface area contributed by atoms with Crippen molar-refractivity contribution in [2.75, 3.05) is 33.7 Å². The monoisotopic (exact) mass is 383 g/mol. The first kappa shape index (κ1) is 20.8. The standard InChI is InChI=1S/C18H24F3N5O/c1-22-17(23-9-6-10-26(2)13-18(19,20)21)24-11-15-12-27-16(25-15)14-7-4-3-5-8-14/h3-5,7-8,12H,6,9-11,13H2,1-2H3,(H2,22,23,24). The predicted octanol–water partition coefficient (Wildman–Crippen LogP) is 2.89. The van der Waals surface area contributed by atoms with Gasteiger partial charge in [0.05, 0.1) is 18.8 Å². The van der Waals surface area contributed by atoms with Gasteiger partial charge in [0.25, 0.3) is 0 Å². The molecule has 0 aliphatic rings. The molecule has 0 fully saturated rings. The maximum atomic E-state index is 12.3. The summed E-state index contributed by atoms with van der Waals surface area (Å²) >= 11 is 0. The molecule has 1 aromatic heterocycles. The van der Waals surface area contributed by atoms with Crippen molar-refractivity contribution in [2.45, 2.75) is 19.1 Å². The first-order valence-corrected chi connectivity index (χ1v) is 8.57. The number of guanidine groups is 1. The number of alkyl halides is 3. The second-order valence-corrected chi connectivity index (χ2v) is 6.07. The maximum absolute atomic E-state index is 12.3. The Bertz CT molecular complexity index is 715. The fraction of sp³-hybridized carbons (Fsp3) is 0.444. The highest BCUT2D eigenvalue weighted by Crippen LogP contribution is 2.17. The van der Waals surface area contributed by atoms with E-state index >= 15 is 0 Å². The number of nitrogens with one attached hydrogen (secondary N) is 2. The molecule has 27 heavy (non-hydrogen) atoms. The number of aromatic nitrogens is 1. The molecule has 0 aliphatic carbocycles. The predicted molar refractivity (Wildman–Crippen MR) is 98.3 cm³/mol. The van der Waals surface area contributed by atoms with Gasteiger partial charge < -0.3 is 15.1 Å². The third-order valence-corrected chi connectivity index (χ3v) is 3.69. The number of halogens is 3. The third-order valence-electron chi connectivity index (χ3n) is 3.69. The SMILES string of the molecule is CN=C(NCCCN(C)CC(F)(F)F)NCc1coc(-c2ccccc2)n1. The average molecular weight is 383 g/mol. The van der Waals surface area contributed by atoms with Crippen molar-refractivity contribution in [1.29, 1.82) is 0 Å². The van der Waals surface area contributed by atoms with Gasteiger partial charge in [0, 0.05) is 19.2 Å². The first-order chi connectivity index (χ1) is 12.9. The highest BCUT2D eigenvalue weighted by atomic mass is 19.4. The quantitative estimate of drug-likeness (QED) is 0.417. The van der Waals surface area contributed by atoms with Crippen molar-refractivity contribution in [2.24, 2.45) is 4.99 Å². The van der Waals surface area contributed by atoms with Gasteiger partial charge in [0.15, 0.2) is 5.96 Å². The minimum Gasteiger partial charge on any atom is -0.444 e. The Morgan fingerprint density at radius 1 is 1.22 bits per heavy atom. The van der Waals surface area contributed by atoms with Crippen LogP contribution in [0.15, 0.2) is 46.0 Å². The Labute approximate surface area is 156 Å². The topological polar surface area (TPSA) is 65.7 Å². The molecule has 0 saturated heterocycles. The number of benzene rings is 1. The van der Waals surface area contributed by atoms with E-state index in [0.29, 0.717) is 37.9 Å². The van der Waals surface area contributed by atoms with Gasteiger partial charge in [0.1, 0.15) is 6.26 Å². The molecule has 0 unspecified atom stereocenters. The molecule has 6 nitrogen and oxygen atoms in total. The molecule has 1 aromatic carbocycles. The van der Waals surface area contributed by atoms with Crippen LogP contribution in [0.25, 0.3) is 11.5 Å². The van der Waals surface area contributed by atoms with E-state index in [0.717, 1.165) is 11.3 Å². The molecule has 2 N–H and O–H groups in total. The van der Waals surface area contributed by atoms with Crippen LogP contribution in [-0.2, 0) is 6.54 Å². The van der Waals surface area contributed by atoms with E-state index in [1.54, 1.807) is 13.3 Å². The number of aliphatic imine (C=N–C) groups is 1. The summed E-state index contributed by atoms with van der Waals surface area (Å²) in [6.07, 6.45) is -2.03. The zero-order chi connectivity index (χ0) is 19.7. The Kier molecular flexibility index (Phi) is 7.66. The summed E-state index contributed by atoms with van der Waals surface area (Å²) in [5, 5.41) is 6.17. The number of hydrogen-bond donors (Lipinski definition) is 2. The van der Waals surface area contributed by atoms with Gasteiger partial charge in [0.2, 0.25) is 5.89 Å². The Morgan fingerprint density at radius 3 is 2.63 bits per heavy atom. The van der Waals surface area contributed by atoms with E-state index in [-0.39, 0.29) is 0 Å². The molecular formula is C18H24F3N5O. The second-order valence-electron chi connectivity index (χ2n) is 6.07. The molecule has 0 amide bonds. The highest BCUT2D eigenvalue weighted by molar-refractivity contribution is 5.79. The molecule has 1 heterocycles. The smallest absolute Gasteiger partial charge is 0.401 e. The zero-order valence-corrected chi connectivity index (χ0v) is 15.4. The molecule has 0 radical (unpaired) electrons. The van der Waals surface area contributed by atoms with Crippen molar-refractivity contribution in [3.63, 3.8) is 0 Å². The van der Waals surface area contributed by atoms with Gasteiger partial charge in [-0.1, -0.05) is 18.2 Å². The molecule has 0 aliphatic heterocycles. The molecule has 0 bridgehead atoms. The molecule has 0 spiro atoms. The summed E-state index contributed by atoms with van der Waals surface area (Å²) in [5.41, 5.74) is 1.62. The van der Waals surface area contributed by atoms with E-state index in [2.05, 4.69) is 20.6 Å². The fourth-order valence-corrected chi connectivity index (χ4v) is 2.44. The highest BCUT2D eigenvalue weighted by Gasteiger charge is 2.28. The summed E-state index contributed by atoms with van der Waals surface area (Å²) < 4.78 is 42.3. The van der Waals surface area contributed by atoms with Crippen molar-refractivity contribution in [3.05, 3.63) is 42.3 Å². The fourth-order valence-electron chi connectivity index (χ4n) is 2.44. The van der Waals surface area contributed by atoms with Crippen LogP contribution in [-0.4, -0.2) is 55.7 Å². The van der Waals surface area contributed by atoms with E-state index in [4.69, 9.17) is 4.42 Å². The lowest BCUT2D eigenvalue weighted by Crippen LogP contribution is -2.39. The van der Waals surface area contributed by atoms with Crippen LogP contribution in [0.3, 0.4) is 0 Å². The molecule has 0 saturated carbocycles. The van der Waals surface area contributed by atoms with Crippen molar-refractivity contribution in [1.82, 2.24) is 20.5 Å². The van der Waals surface area contributed by atoms with Gasteiger partial charge in [-0.2, -0.15) is 13.2 Å². The Balaban J connectivity index is 1.71. The zero-order valence-electron chi connectivity index (χ0n) is 15.4. The van der Waals surface area contributed by atoms with E-state index < -0.39 is 12.7 Å². The van der Waals surface area contributed by atoms with E-state index in [9.17, 15) is 13.2 Å². The second kappa shape index (κ2) is 9.96. The minimum atomic E-state index is -4.17. The van der Waals surface area contributed by atoms with Crippen molar-refractivity contribution >= 4 is 5.96 Å². The Morgan fingerprint density at radius 2 is 1.96 bits per heavy atom. The number of oxazole rings is 1. The van der Waals surface area contributed by atoms with Gasteiger partial charge in [-0.05, 0) is 32.1 Å². The summed E-state index contributed by atoms with van der Waals surface area (Å²) in [5.74, 6) is 1.10. The summed E-state index contributed by atoms with van der Waals surface area (Å²) in [6, 6.07) is 9.58. The van der Waals surface area contributed by atoms with Gasteiger partial charge in [-0.25, -0.2) is 4.98 Å². The summed E-state index contributed by atoms with van der Waals surface area (Å²) in [7, 11) is 3.08. The van der Waals surface area contributed by atoms with Crippen LogP contribution >= 0.6 is 0 Å². The maximum Gasteiger partial charge on any atom is 0.401 e. The lowest BCUT2D eigenvalue weighted by Gasteiger charge is -2.18. The van der Waals surface area contributed by atoms with E-state index in [1.807, 2.05) is 30.3 Å². The van der Waals surface area contributed by atoms with Crippen LogP contribution in [0.5, 0.6) is 0 Å². The van der Waals surface area contributed by atoms with Gasteiger partial charge >= 0.3 is 6.18 Å². The summed E-state index contributed by atoms with van der Waals surface area (Å²) in [4.78, 5) is 9.75. The number of rotatable bonds is 8. The third kappa shape index (κ3) is 7.69. The van der Waals surface area contributed by atoms with Crippen LogP contribution in [0.2, 0.25) is 0 Å². The number of hydrogen-bond acceptors (Lipinski definition) is 4. The van der Waals surface area contributed by atoms with Crippen molar-refractivity contribution < 1.29 is 17.6 Å². The molecular weight excluding hydrogens is 359 g/mol. The minimum absolute atomic E-state index is 0.341. The largest absolute Gasteiger partial charge is 0.444 e. The van der Waals surface area contributed by atoms with Crippen LogP contribution in [0.4, 0.5) is 13.2 Å². The average Bonchev–Trinajstić information content (AvgIpc) is 3.09.